The van der Waals surface area contributed by atoms with Crippen molar-refractivity contribution in [2.45, 2.75) is 26.2 Å². The van der Waals surface area contributed by atoms with Gasteiger partial charge in [-0.2, -0.15) is 4.98 Å². The summed E-state index contributed by atoms with van der Waals surface area (Å²) in [6, 6.07) is 17.7. The lowest BCUT2D eigenvalue weighted by Gasteiger charge is -2.31. The van der Waals surface area contributed by atoms with E-state index in [0.717, 1.165) is 49.0 Å². The summed E-state index contributed by atoms with van der Waals surface area (Å²) in [7, 11) is 0. The Hall–Kier alpha value is -2.95. The Morgan fingerprint density at radius 1 is 1.11 bits per heavy atom. The topological polar surface area (TPSA) is 59.2 Å². The lowest BCUT2D eigenvalue weighted by Crippen LogP contribution is -2.38. The van der Waals surface area contributed by atoms with Gasteiger partial charge in [-0.1, -0.05) is 53.2 Å². The van der Waals surface area contributed by atoms with Gasteiger partial charge in [0.25, 0.3) is 5.91 Å². The van der Waals surface area contributed by atoms with E-state index in [4.69, 9.17) is 4.52 Å². The van der Waals surface area contributed by atoms with Crippen LogP contribution in [0.5, 0.6) is 0 Å². The first-order valence-corrected chi connectivity index (χ1v) is 9.43. The average molecular weight is 361 g/mol. The molecule has 1 aliphatic rings. The quantitative estimate of drug-likeness (QED) is 0.701. The third-order valence-corrected chi connectivity index (χ3v) is 5.13. The zero-order valence-corrected chi connectivity index (χ0v) is 15.5. The van der Waals surface area contributed by atoms with Crippen LogP contribution < -0.4 is 0 Å². The molecule has 0 N–H and O–H groups in total. The maximum Gasteiger partial charge on any atom is 0.253 e. The molecule has 0 unspecified atom stereocenters. The molecule has 0 atom stereocenters. The largest absolute Gasteiger partial charge is 0.339 e. The van der Waals surface area contributed by atoms with Gasteiger partial charge in [-0.3, -0.25) is 4.79 Å². The molecule has 0 radical (unpaired) electrons. The van der Waals surface area contributed by atoms with Crippen LogP contribution in [0, 0.1) is 12.8 Å². The third-order valence-electron chi connectivity index (χ3n) is 5.13. The van der Waals surface area contributed by atoms with Crippen LogP contribution in [0.3, 0.4) is 0 Å². The highest BCUT2D eigenvalue weighted by Gasteiger charge is 2.25. The molecule has 1 fully saturated rings. The lowest BCUT2D eigenvalue weighted by atomic mass is 9.93. The average Bonchev–Trinajstić information content (AvgIpc) is 3.17. The van der Waals surface area contributed by atoms with Gasteiger partial charge in [0.1, 0.15) is 0 Å². The molecule has 138 valence electrons. The second-order valence-corrected chi connectivity index (χ2v) is 7.19. The maximum atomic E-state index is 12.7. The molecule has 1 aliphatic heterocycles. The Kier molecular flexibility index (Phi) is 5.01. The number of carbonyl (C=O) groups excluding carboxylic acids is 1. The number of carbonyl (C=O) groups is 1. The molecule has 1 amide bonds. The number of amides is 1. The SMILES string of the molecule is Cc1cccc(C(=O)N2CCC(Cc3nc(-c4ccccc4)no3)CC2)c1. The molecule has 3 aromatic rings. The molecular weight excluding hydrogens is 338 g/mol. The number of benzene rings is 2. The lowest BCUT2D eigenvalue weighted by molar-refractivity contribution is 0.0687. The first kappa shape index (κ1) is 17.5. The summed E-state index contributed by atoms with van der Waals surface area (Å²) in [5.74, 6) is 1.91. The zero-order chi connectivity index (χ0) is 18.6. The molecule has 27 heavy (non-hydrogen) atoms. The maximum absolute atomic E-state index is 12.7. The Morgan fingerprint density at radius 3 is 2.63 bits per heavy atom. The van der Waals surface area contributed by atoms with Gasteiger partial charge in [-0.25, -0.2) is 0 Å². The minimum Gasteiger partial charge on any atom is -0.339 e. The van der Waals surface area contributed by atoms with Crippen molar-refractivity contribution in [2.24, 2.45) is 5.92 Å². The summed E-state index contributed by atoms with van der Waals surface area (Å²) in [5.41, 5.74) is 2.85. The monoisotopic (exact) mass is 361 g/mol. The molecule has 0 aliphatic carbocycles. The van der Waals surface area contributed by atoms with Gasteiger partial charge >= 0.3 is 0 Å². The van der Waals surface area contributed by atoms with Crippen LogP contribution >= 0.6 is 0 Å². The molecule has 0 spiro atoms. The van der Waals surface area contributed by atoms with Crippen molar-refractivity contribution < 1.29 is 9.32 Å². The van der Waals surface area contributed by atoms with E-state index in [9.17, 15) is 4.79 Å². The normalized spacial score (nSPS) is 15.1. The van der Waals surface area contributed by atoms with Gasteiger partial charge < -0.3 is 9.42 Å². The molecular formula is C22H23N3O2. The van der Waals surface area contributed by atoms with Crippen molar-refractivity contribution in [1.82, 2.24) is 15.0 Å². The molecule has 5 nitrogen and oxygen atoms in total. The number of aromatic nitrogens is 2. The highest BCUT2D eigenvalue weighted by Crippen LogP contribution is 2.24. The van der Waals surface area contributed by atoms with Crippen molar-refractivity contribution in [3.8, 4) is 11.4 Å². The van der Waals surface area contributed by atoms with Crippen LogP contribution in [-0.4, -0.2) is 34.0 Å². The molecule has 2 aromatic carbocycles. The first-order chi connectivity index (χ1) is 13.2. The number of aryl methyl sites for hydroxylation is 1. The van der Waals surface area contributed by atoms with Crippen LogP contribution in [0.25, 0.3) is 11.4 Å². The van der Waals surface area contributed by atoms with E-state index in [1.54, 1.807) is 0 Å². The van der Waals surface area contributed by atoms with E-state index in [-0.39, 0.29) is 5.91 Å². The fourth-order valence-electron chi connectivity index (χ4n) is 3.59. The van der Waals surface area contributed by atoms with Gasteiger partial charge in [0.05, 0.1) is 0 Å². The first-order valence-electron chi connectivity index (χ1n) is 9.43. The van der Waals surface area contributed by atoms with E-state index in [2.05, 4.69) is 10.1 Å². The van der Waals surface area contributed by atoms with Crippen molar-refractivity contribution in [3.63, 3.8) is 0 Å². The summed E-state index contributed by atoms with van der Waals surface area (Å²) in [4.78, 5) is 19.1. The zero-order valence-electron chi connectivity index (χ0n) is 15.5. The van der Waals surface area contributed by atoms with Gasteiger partial charge in [-0.15, -0.1) is 0 Å². The Balaban J connectivity index is 1.33. The Morgan fingerprint density at radius 2 is 1.89 bits per heavy atom. The number of nitrogens with zero attached hydrogens (tertiary/aromatic N) is 3. The molecule has 4 rings (SSSR count). The van der Waals surface area contributed by atoms with E-state index in [1.807, 2.05) is 66.4 Å². The van der Waals surface area contributed by atoms with E-state index < -0.39 is 0 Å². The van der Waals surface area contributed by atoms with Crippen LogP contribution in [0.15, 0.2) is 59.1 Å². The van der Waals surface area contributed by atoms with Crippen LogP contribution in [-0.2, 0) is 6.42 Å². The second-order valence-electron chi connectivity index (χ2n) is 7.19. The van der Waals surface area contributed by atoms with Crippen molar-refractivity contribution in [3.05, 3.63) is 71.6 Å². The minimum atomic E-state index is 0.126. The molecule has 2 heterocycles. The summed E-state index contributed by atoms with van der Waals surface area (Å²) in [5, 5.41) is 4.09. The molecule has 1 aromatic heterocycles. The summed E-state index contributed by atoms with van der Waals surface area (Å²) in [6.45, 7) is 3.56. The number of hydrogen-bond acceptors (Lipinski definition) is 4. The number of likely N-dealkylation sites (tertiary alicyclic amines) is 1. The van der Waals surface area contributed by atoms with Gasteiger partial charge in [0.15, 0.2) is 0 Å². The highest BCUT2D eigenvalue weighted by molar-refractivity contribution is 5.94. The number of piperidine rings is 1. The number of hydrogen-bond donors (Lipinski definition) is 0. The molecule has 0 bridgehead atoms. The minimum absolute atomic E-state index is 0.126. The second kappa shape index (κ2) is 7.74. The standard InChI is InChI=1S/C22H23N3O2/c1-16-6-5-9-19(14-16)22(26)25-12-10-17(11-13-25)15-20-23-21(24-27-20)18-7-3-2-4-8-18/h2-9,14,17H,10-13,15H2,1H3. The fourth-order valence-corrected chi connectivity index (χ4v) is 3.59. The van der Waals surface area contributed by atoms with E-state index in [0.29, 0.717) is 17.6 Å². The Bertz CT molecular complexity index is 912. The van der Waals surface area contributed by atoms with E-state index >= 15 is 0 Å². The summed E-state index contributed by atoms with van der Waals surface area (Å²) in [6.07, 6.45) is 2.69. The van der Waals surface area contributed by atoms with Gasteiger partial charge in [0, 0.05) is 30.6 Å². The smallest absolute Gasteiger partial charge is 0.253 e. The molecule has 0 saturated carbocycles. The Labute approximate surface area is 159 Å². The van der Waals surface area contributed by atoms with Crippen molar-refractivity contribution in [2.75, 3.05) is 13.1 Å². The van der Waals surface area contributed by atoms with Crippen LogP contribution in [0.2, 0.25) is 0 Å². The van der Waals surface area contributed by atoms with Gasteiger partial charge in [-0.05, 0) is 37.8 Å². The summed E-state index contributed by atoms with van der Waals surface area (Å²) < 4.78 is 5.44. The predicted octanol–water partition coefficient (Wildman–Crippen LogP) is 4.14. The fraction of sp³-hybridized carbons (Fsp3) is 0.318. The van der Waals surface area contributed by atoms with Crippen molar-refractivity contribution >= 4 is 5.91 Å². The number of rotatable bonds is 4. The third kappa shape index (κ3) is 4.08. The molecule has 5 heteroatoms. The van der Waals surface area contributed by atoms with Crippen LogP contribution in [0.1, 0.15) is 34.7 Å². The highest BCUT2D eigenvalue weighted by atomic mass is 16.5. The van der Waals surface area contributed by atoms with Crippen LogP contribution in [0.4, 0.5) is 0 Å². The van der Waals surface area contributed by atoms with E-state index in [1.165, 1.54) is 0 Å². The van der Waals surface area contributed by atoms with Crippen molar-refractivity contribution in [1.29, 1.82) is 0 Å². The molecule has 1 saturated heterocycles. The van der Waals surface area contributed by atoms with Gasteiger partial charge in [0.2, 0.25) is 11.7 Å². The summed E-state index contributed by atoms with van der Waals surface area (Å²) >= 11 is 0. The predicted molar refractivity (Wildman–Crippen MR) is 103 cm³/mol.